The van der Waals surface area contributed by atoms with Crippen molar-refractivity contribution in [3.63, 3.8) is 0 Å². The lowest BCUT2D eigenvalue weighted by Gasteiger charge is -2.66. The van der Waals surface area contributed by atoms with E-state index in [9.17, 15) is 9.59 Å². The second-order valence-electron chi connectivity index (χ2n) is 18.5. The summed E-state index contributed by atoms with van der Waals surface area (Å²) in [5, 5.41) is 0. The molecule has 0 aromatic rings. The Kier molecular flexibility index (Phi) is 17.7. The van der Waals surface area contributed by atoms with Crippen LogP contribution in [0.1, 0.15) is 195 Å². The van der Waals surface area contributed by atoms with Gasteiger partial charge in [0.25, 0.3) is 0 Å². The molecular weight excluding hydrogens is 790 g/mol. The summed E-state index contributed by atoms with van der Waals surface area (Å²) in [5.41, 5.74) is -2.18. The van der Waals surface area contributed by atoms with Crippen LogP contribution < -0.4 is 0 Å². The maximum Gasteiger partial charge on any atom is 0.151 e. The highest BCUT2D eigenvalue weighted by Gasteiger charge is 2.80. The lowest BCUT2D eigenvalue weighted by molar-refractivity contribution is -0.177. The molecule has 4 spiro atoms. The fraction of sp³-hybridized carbons (Fsp3) is 0.957. The van der Waals surface area contributed by atoms with Crippen molar-refractivity contribution in [2.24, 2.45) is 21.7 Å². The average Bonchev–Trinajstić information content (AvgIpc) is 3.22. The molecule has 0 N–H and O–H groups in total. The van der Waals surface area contributed by atoms with Gasteiger partial charge in [0.15, 0.2) is 11.6 Å². The summed E-state index contributed by atoms with van der Waals surface area (Å²) >= 11 is 28.0. The molecule has 6 nitrogen and oxygen atoms in total. The maximum atomic E-state index is 13.5. The third-order valence-electron chi connectivity index (χ3n) is 15.2. The first kappa shape index (κ1) is 47.4. The van der Waals surface area contributed by atoms with E-state index in [0.717, 1.165) is 168 Å². The number of Topliss-reactive ketones (excluding diaryl/α,β-unsaturated/α-hetero) is 2. The molecule has 0 aromatic carbocycles. The molecule has 6 rings (SSSR count). The lowest BCUT2D eigenvalue weighted by Crippen LogP contribution is -2.74. The van der Waals surface area contributed by atoms with Gasteiger partial charge in [0.05, 0.1) is 46.1 Å². The van der Waals surface area contributed by atoms with E-state index >= 15 is 0 Å². The molecule has 6 aliphatic carbocycles. The van der Waals surface area contributed by atoms with Crippen LogP contribution in [-0.4, -0.2) is 71.1 Å². The van der Waals surface area contributed by atoms with Crippen molar-refractivity contribution < 1.29 is 28.5 Å². The van der Waals surface area contributed by atoms with Gasteiger partial charge in [-0.25, -0.2) is 0 Å². The Morgan fingerprint density at radius 3 is 0.804 bits per heavy atom. The second kappa shape index (κ2) is 20.9. The molecule has 0 aromatic heterocycles. The monoisotopic (exact) mass is 864 g/mol. The van der Waals surface area contributed by atoms with Gasteiger partial charge < -0.3 is 18.9 Å². The molecule has 0 heterocycles. The molecule has 6 saturated carbocycles. The molecule has 324 valence electrons. The van der Waals surface area contributed by atoms with Crippen molar-refractivity contribution in [2.75, 3.05) is 26.4 Å². The molecule has 0 aliphatic heterocycles. The first-order valence-corrected chi connectivity index (χ1v) is 24.7. The van der Waals surface area contributed by atoms with Crippen molar-refractivity contribution in [3.05, 3.63) is 0 Å². The first-order valence-electron chi connectivity index (χ1n) is 23.2. The SMILES string of the molecule is CCCCCOC1CCC2(CC1)C(=O)C1(CCC(OCCCCC)CC1)C2(Cl)Cl.CCCCOC1CCC2(CC1)C(=O)C1(CCC(OCCCC)CC1)C2(Cl)Cl. The third-order valence-corrected chi connectivity index (χ3v) is 18.1. The molecule has 56 heavy (non-hydrogen) atoms. The van der Waals surface area contributed by atoms with Gasteiger partial charge in [-0.3, -0.25) is 9.59 Å². The minimum absolute atomic E-state index is 0.262. The Morgan fingerprint density at radius 1 is 0.393 bits per heavy atom. The molecule has 0 amide bonds. The Morgan fingerprint density at radius 2 is 0.607 bits per heavy atom. The van der Waals surface area contributed by atoms with Gasteiger partial charge in [-0.15, -0.1) is 0 Å². The number of ketones is 2. The number of unbranched alkanes of at least 4 members (excludes halogenated alkanes) is 6. The molecular formula is C46H76Cl4O6. The average molecular weight is 867 g/mol. The van der Waals surface area contributed by atoms with E-state index in [1.807, 2.05) is 0 Å². The van der Waals surface area contributed by atoms with Crippen molar-refractivity contribution in [3.8, 4) is 0 Å². The number of ether oxygens (including phenoxy) is 4. The van der Waals surface area contributed by atoms with Gasteiger partial charge in [-0.05, 0) is 128 Å². The summed E-state index contributed by atoms with van der Waals surface area (Å²) in [4.78, 5) is 26.9. The normalized spacial score (nSPS) is 37.4. The zero-order valence-corrected chi connectivity index (χ0v) is 38.5. The minimum atomic E-state index is -0.933. The fourth-order valence-electron chi connectivity index (χ4n) is 11.4. The van der Waals surface area contributed by atoms with Crippen LogP contribution in [-0.2, 0) is 28.5 Å². The summed E-state index contributed by atoms with van der Waals surface area (Å²) in [6, 6.07) is 0. The van der Waals surface area contributed by atoms with E-state index in [2.05, 4.69) is 27.7 Å². The zero-order chi connectivity index (χ0) is 40.5. The minimum Gasteiger partial charge on any atom is -0.378 e. The smallest absolute Gasteiger partial charge is 0.151 e. The van der Waals surface area contributed by atoms with Gasteiger partial charge in [0.1, 0.15) is 8.67 Å². The zero-order valence-electron chi connectivity index (χ0n) is 35.5. The van der Waals surface area contributed by atoms with Crippen LogP contribution in [0.3, 0.4) is 0 Å². The lowest BCUT2D eigenvalue weighted by atomic mass is 9.43. The number of halogens is 4. The molecule has 0 unspecified atom stereocenters. The number of rotatable bonds is 18. The van der Waals surface area contributed by atoms with Gasteiger partial charge in [-0.1, -0.05) is 113 Å². The quantitative estimate of drug-likeness (QED) is 0.101. The van der Waals surface area contributed by atoms with Crippen LogP contribution in [0.4, 0.5) is 0 Å². The van der Waals surface area contributed by atoms with E-state index < -0.39 is 30.3 Å². The number of carbonyl (C=O) groups is 2. The molecule has 6 aliphatic rings. The molecule has 0 saturated heterocycles. The summed E-state index contributed by atoms with van der Waals surface area (Å²) in [7, 11) is 0. The van der Waals surface area contributed by atoms with Crippen LogP contribution in [0.5, 0.6) is 0 Å². The van der Waals surface area contributed by atoms with Gasteiger partial charge in [0.2, 0.25) is 0 Å². The number of alkyl halides is 4. The predicted octanol–water partition coefficient (Wildman–Crippen LogP) is 13.2. The van der Waals surface area contributed by atoms with Gasteiger partial charge in [-0.2, -0.15) is 0 Å². The van der Waals surface area contributed by atoms with Crippen molar-refractivity contribution >= 4 is 58.0 Å². The molecule has 0 atom stereocenters. The Hall–Kier alpha value is 0.340. The second-order valence-corrected chi connectivity index (χ2v) is 21.2. The third kappa shape index (κ3) is 9.10. The Balaban J connectivity index is 0.000000215. The molecule has 0 radical (unpaired) electrons. The van der Waals surface area contributed by atoms with Crippen molar-refractivity contribution in [2.45, 2.75) is 228 Å². The predicted molar refractivity (Wildman–Crippen MR) is 230 cm³/mol. The van der Waals surface area contributed by atoms with Gasteiger partial charge >= 0.3 is 0 Å². The van der Waals surface area contributed by atoms with E-state index in [1.165, 1.54) is 25.7 Å². The summed E-state index contributed by atoms with van der Waals surface area (Å²) in [6.45, 7) is 12.0. The molecule has 10 heteroatoms. The summed E-state index contributed by atoms with van der Waals surface area (Å²) in [6.07, 6.45) is 26.0. The Labute approximate surface area is 360 Å². The molecule has 0 bridgehead atoms. The van der Waals surface area contributed by atoms with Crippen LogP contribution in [0, 0.1) is 21.7 Å². The largest absolute Gasteiger partial charge is 0.378 e. The topological polar surface area (TPSA) is 71.1 Å². The maximum absolute atomic E-state index is 13.5. The number of hydrogen-bond donors (Lipinski definition) is 0. The van der Waals surface area contributed by atoms with Crippen LogP contribution in [0.25, 0.3) is 0 Å². The number of hydrogen-bond acceptors (Lipinski definition) is 6. The van der Waals surface area contributed by atoms with Crippen molar-refractivity contribution in [1.82, 2.24) is 0 Å². The summed E-state index contributed by atoms with van der Waals surface area (Å²) in [5.74, 6) is 0.669. The Bertz CT molecular complexity index is 1140. The van der Waals surface area contributed by atoms with E-state index in [4.69, 9.17) is 65.4 Å². The standard InChI is InChI=1S/C24H40Cl2O3.C22H36Cl2O3/c1-3-5-7-17-28-19-9-13-22(14-10-19)21(27)23(24(22,25)26)15-11-20(12-16-23)29-18-8-6-4-2;1-3-5-15-26-17-7-11-20(12-8-17)19(25)21(22(20,23)24)13-9-18(10-14-21)27-16-6-4-2/h19-20H,3-18H2,1-2H3;17-18H,3-16H2,1-2H3. The first-order chi connectivity index (χ1) is 26.9. The highest BCUT2D eigenvalue weighted by molar-refractivity contribution is 6.55. The van der Waals surface area contributed by atoms with E-state index in [0.29, 0.717) is 11.6 Å². The van der Waals surface area contributed by atoms with E-state index in [1.54, 1.807) is 0 Å². The van der Waals surface area contributed by atoms with Crippen molar-refractivity contribution in [1.29, 1.82) is 0 Å². The number of carbonyl (C=O) groups excluding carboxylic acids is 2. The highest BCUT2D eigenvalue weighted by atomic mass is 35.5. The van der Waals surface area contributed by atoms with E-state index in [-0.39, 0.29) is 24.4 Å². The molecule has 6 fully saturated rings. The highest BCUT2D eigenvalue weighted by Crippen LogP contribution is 2.75. The van der Waals surface area contributed by atoms with Crippen LogP contribution >= 0.6 is 46.4 Å². The van der Waals surface area contributed by atoms with Crippen LogP contribution in [0.15, 0.2) is 0 Å². The summed E-state index contributed by atoms with van der Waals surface area (Å²) < 4.78 is 22.2. The fourth-order valence-corrected chi connectivity index (χ4v) is 13.6. The van der Waals surface area contributed by atoms with Gasteiger partial charge in [0, 0.05) is 26.4 Å². The van der Waals surface area contributed by atoms with Crippen LogP contribution in [0.2, 0.25) is 0 Å².